The Kier molecular flexibility index (Phi) is 3.62. The molecule has 100 valence electrons. The van der Waals surface area contributed by atoms with Crippen molar-refractivity contribution in [2.75, 3.05) is 18.0 Å². The molecule has 2 heterocycles. The summed E-state index contributed by atoms with van der Waals surface area (Å²) in [5, 5.41) is 9.82. The maximum Gasteiger partial charge on any atom is 0.134 e. The Balaban J connectivity index is 2.19. The summed E-state index contributed by atoms with van der Waals surface area (Å²) >= 11 is 0. The van der Waals surface area contributed by atoms with E-state index in [0.717, 1.165) is 24.5 Å². The molecule has 0 spiro atoms. The van der Waals surface area contributed by atoms with Crippen LogP contribution in [0, 0.1) is 11.3 Å². The minimum atomic E-state index is -0.456. The Morgan fingerprint density at radius 3 is 2.72 bits per heavy atom. The van der Waals surface area contributed by atoms with Crippen LogP contribution in [-0.2, 0) is 0 Å². The highest BCUT2D eigenvalue weighted by molar-refractivity contribution is 5.48. The van der Waals surface area contributed by atoms with Crippen molar-refractivity contribution in [3.05, 3.63) is 23.9 Å². The fourth-order valence-corrected chi connectivity index (χ4v) is 2.66. The largest absolute Gasteiger partial charge is 0.389 e. The third-order valence-corrected chi connectivity index (χ3v) is 3.98. The number of hydrogen-bond donors (Lipinski definition) is 1. The van der Waals surface area contributed by atoms with Crippen molar-refractivity contribution >= 4 is 5.82 Å². The maximum absolute atomic E-state index is 9.82. The molecule has 3 nitrogen and oxygen atoms in total. The average Bonchev–Trinajstić information content (AvgIpc) is 2.77. The molecule has 0 radical (unpaired) electrons. The minimum Gasteiger partial charge on any atom is -0.389 e. The average molecular weight is 248 g/mol. The third kappa shape index (κ3) is 2.66. The lowest BCUT2D eigenvalue weighted by Gasteiger charge is -2.28. The number of hydrogen-bond acceptors (Lipinski definition) is 3. The van der Waals surface area contributed by atoms with Gasteiger partial charge in [-0.25, -0.2) is 4.98 Å². The van der Waals surface area contributed by atoms with Crippen LogP contribution in [0.25, 0.3) is 0 Å². The summed E-state index contributed by atoms with van der Waals surface area (Å²) in [5.74, 6) is 1.65. The number of aliphatic hydroxyl groups is 1. The van der Waals surface area contributed by atoms with E-state index in [1.807, 2.05) is 18.3 Å². The van der Waals surface area contributed by atoms with Crippen LogP contribution >= 0.6 is 0 Å². The Morgan fingerprint density at radius 2 is 2.17 bits per heavy atom. The predicted molar refractivity (Wildman–Crippen MR) is 74.6 cm³/mol. The number of aromatic nitrogens is 1. The van der Waals surface area contributed by atoms with Gasteiger partial charge in [-0.15, -0.1) is 0 Å². The van der Waals surface area contributed by atoms with E-state index in [0.29, 0.717) is 11.3 Å². The molecule has 0 saturated carbocycles. The molecule has 2 atom stereocenters. The molecule has 0 bridgehead atoms. The van der Waals surface area contributed by atoms with Crippen LogP contribution in [0.4, 0.5) is 5.82 Å². The lowest BCUT2D eigenvalue weighted by Crippen LogP contribution is -2.27. The van der Waals surface area contributed by atoms with E-state index in [4.69, 9.17) is 0 Å². The number of rotatable bonds is 2. The Hall–Kier alpha value is -1.09. The highest BCUT2D eigenvalue weighted by Gasteiger charge is 2.33. The molecule has 1 N–H and O–H groups in total. The molecule has 2 rings (SSSR count). The Bertz CT molecular complexity index is 409. The Labute approximate surface area is 110 Å². The molecule has 18 heavy (non-hydrogen) atoms. The van der Waals surface area contributed by atoms with E-state index in [1.54, 1.807) is 6.92 Å². The first kappa shape index (κ1) is 13.3. The van der Waals surface area contributed by atoms with Crippen molar-refractivity contribution in [1.82, 2.24) is 4.98 Å². The summed E-state index contributed by atoms with van der Waals surface area (Å²) in [7, 11) is 0. The molecule has 3 heteroatoms. The number of aliphatic hydroxyl groups excluding tert-OH is 1. The topological polar surface area (TPSA) is 36.4 Å². The van der Waals surface area contributed by atoms with Crippen LogP contribution in [-0.4, -0.2) is 23.2 Å². The second-order valence-corrected chi connectivity index (χ2v) is 6.39. The van der Waals surface area contributed by atoms with Crippen molar-refractivity contribution in [2.45, 2.75) is 40.2 Å². The van der Waals surface area contributed by atoms with Crippen molar-refractivity contribution in [3.8, 4) is 0 Å². The normalized spacial score (nSPS) is 22.3. The van der Waals surface area contributed by atoms with Gasteiger partial charge in [-0.05, 0) is 30.7 Å². The van der Waals surface area contributed by atoms with Crippen LogP contribution in [0.2, 0.25) is 0 Å². The zero-order chi connectivity index (χ0) is 13.3. The lowest BCUT2D eigenvalue weighted by atomic mass is 9.80. The molecule has 1 fully saturated rings. The van der Waals surface area contributed by atoms with Crippen LogP contribution < -0.4 is 4.90 Å². The summed E-state index contributed by atoms with van der Waals surface area (Å²) in [5.41, 5.74) is 1.28. The lowest BCUT2D eigenvalue weighted by molar-refractivity contribution is 0.199. The quantitative estimate of drug-likeness (QED) is 0.874. The SMILES string of the molecule is C[C@H](O)c1cccnc1N1CCC(C(C)(C)C)C1. The van der Waals surface area contributed by atoms with E-state index in [9.17, 15) is 5.11 Å². The zero-order valence-corrected chi connectivity index (χ0v) is 11.8. The van der Waals surface area contributed by atoms with Gasteiger partial charge in [0.05, 0.1) is 6.10 Å². The van der Waals surface area contributed by atoms with Gasteiger partial charge >= 0.3 is 0 Å². The van der Waals surface area contributed by atoms with Gasteiger partial charge in [0.15, 0.2) is 0 Å². The van der Waals surface area contributed by atoms with Gasteiger partial charge in [0.1, 0.15) is 5.82 Å². The monoisotopic (exact) mass is 248 g/mol. The zero-order valence-electron chi connectivity index (χ0n) is 11.8. The van der Waals surface area contributed by atoms with Gasteiger partial charge in [0.2, 0.25) is 0 Å². The second-order valence-electron chi connectivity index (χ2n) is 6.39. The molecule has 1 unspecified atom stereocenters. The first-order chi connectivity index (χ1) is 8.39. The van der Waals surface area contributed by atoms with Crippen LogP contribution in [0.3, 0.4) is 0 Å². The summed E-state index contributed by atoms with van der Waals surface area (Å²) in [6.45, 7) is 10.8. The number of nitrogens with zero attached hydrogens (tertiary/aromatic N) is 2. The molecule has 1 aromatic heterocycles. The van der Waals surface area contributed by atoms with Crippen molar-refractivity contribution in [3.63, 3.8) is 0 Å². The first-order valence-electron chi connectivity index (χ1n) is 6.77. The first-order valence-corrected chi connectivity index (χ1v) is 6.77. The summed E-state index contributed by atoms with van der Waals surface area (Å²) in [6.07, 6.45) is 2.56. The number of pyridine rings is 1. The van der Waals surface area contributed by atoms with Gasteiger partial charge in [0.25, 0.3) is 0 Å². The molecule has 0 amide bonds. The summed E-state index contributed by atoms with van der Waals surface area (Å²) in [4.78, 5) is 6.78. The van der Waals surface area contributed by atoms with Gasteiger partial charge < -0.3 is 10.0 Å². The van der Waals surface area contributed by atoms with E-state index < -0.39 is 6.10 Å². The maximum atomic E-state index is 9.82. The van der Waals surface area contributed by atoms with E-state index in [2.05, 4.69) is 30.7 Å². The third-order valence-electron chi connectivity index (χ3n) is 3.98. The molecular formula is C15H24N2O. The van der Waals surface area contributed by atoms with E-state index >= 15 is 0 Å². The predicted octanol–water partition coefficient (Wildman–Crippen LogP) is 3.01. The molecule has 1 aliphatic rings. The molecule has 1 aromatic rings. The van der Waals surface area contributed by atoms with Crippen LogP contribution in [0.5, 0.6) is 0 Å². The molecule has 1 aliphatic heterocycles. The van der Waals surface area contributed by atoms with Gasteiger partial charge in [-0.2, -0.15) is 0 Å². The van der Waals surface area contributed by atoms with Crippen molar-refractivity contribution in [2.24, 2.45) is 11.3 Å². The highest BCUT2D eigenvalue weighted by Crippen LogP contribution is 2.36. The summed E-state index contributed by atoms with van der Waals surface area (Å²) < 4.78 is 0. The van der Waals surface area contributed by atoms with Gasteiger partial charge in [-0.3, -0.25) is 0 Å². The van der Waals surface area contributed by atoms with Crippen LogP contribution in [0.1, 0.15) is 45.8 Å². The van der Waals surface area contributed by atoms with Crippen LogP contribution in [0.15, 0.2) is 18.3 Å². The molecule has 0 aromatic carbocycles. The summed E-state index contributed by atoms with van der Waals surface area (Å²) in [6, 6.07) is 3.86. The van der Waals surface area contributed by atoms with E-state index in [-0.39, 0.29) is 0 Å². The smallest absolute Gasteiger partial charge is 0.134 e. The fourth-order valence-electron chi connectivity index (χ4n) is 2.66. The fraction of sp³-hybridized carbons (Fsp3) is 0.667. The molecule has 1 saturated heterocycles. The Morgan fingerprint density at radius 1 is 1.44 bits per heavy atom. The van der Waals surface area contributed by atoms with Gasteiger partial charge in [0, 0.05) is 24.8 Å². The minimum absolute atomic E-state index is 0.342. The van der Waals surface area contributed by atoms with Gasteiger partial charge in [-0.1, -0.05) is 26.8 Å². The second kappa shape index (κ2) is 4.88. The van der Waals surface area contributed by atoms with E-state index in [1.165, 1.54) is 6.42 Å². The van der Waals surface area contributed by atoms with Crippen molar-refractivity contribution < 1.29 is 5.11 Å². The highest BCUT2D eigenvalue weighted by atomic mass is 16.3. The molecular weight excluding hydrogens is 224 g/mol. The standard InChI is InChI=1S/C15H24N2O/c1-11(18)13-6-5-8-16-14(13)17-9-7-12(10-17)15(2,3)4/h5-6,8,11-12,18H,7,9-10H2,1-4H3/t11-,12?/m0/s1. The van der Waals surface area contributed by atoms with Crippen molar-refractivity contribution in [1.29, 1.82) is 0 Å². The number of anilines is 1. The molecule has 0 aliphatic carbocycles.